The van der Waals surface area contributed by atoms with Crippen molar-refractivity contribution in [2.45, 2.75) is 18.1 Å². The van der Waals surface area contributed by atoms with E-state index in [0.717, 1.165) is 5.56 Å². The molecule has 35 heavy (non-hydrogen) atoms. The van der Waals surface area contributed by atoms with Crippen molar-refractivity contribution >= 4 is 21.8 Å². The third kappa shape index (κ3) is 6.53. The summed E-state index contributed by atoms with van der Waals surface area (Å²) in [5.41, 5.74) is 0.722. The van der Waals surface area contributed by atoms with Gasteiger partial charge in [-0.15, -0.1) is 0 Å². The molecule has 3 rings (SSSR count). The highest BCUT2D eigenvalue weighted by molar-refractivity contribution is 7.92. The van der Waals surface area contributed by atoms with Crippen LogP contribution in [-0.4, -0.2) is 71.1 Å². The van der Waals surface area contributed by atoms with Gasteiger partial charge >= 0.3 is 5.97 Å². The fourth-order valence-electron chi connectivity index (χ4n) is 2.59. The number of carboxylic acids is 1. The van der Waals surface area contributed by atoms with Crippen LogP contribution in [0.5, 0.6) is 23.1 Å². The first-order valence-electron chi connectivity index (χ1n) is 9.97. The molecular formula is C21H22N4O9S. The molecule has 4 N–H and O–H groups in total. The molecule has 2 aromatic heterocycles. The maximum atomic E-state index is 13.0. The van der Waals surface area contributed by atoms with Crippen LogP contribution in [0.2, 0.25) is 0 Å². The fourth-order valence-corrected chi connectivity index (χ4v) is 3.52. The Morgan fingerprint density at radius 1 is 1.17 bits per heavy atom. The van der Waals surface area contributed by atoms with Crippen molar-refractivity contribution in [2.75, 3.05) is 25.0 Å². The van der Waals surface area contributed by atoms with Crippen molar-refractivity contribution in [3.05, 3.63) is 54.0 Å². The summed E-state index contributed by atoms with van der Waals surface area (Å²) < 4.78 is 44.3. The van der Waals surface area contributed by atoms with E-state index in [0.29, 0.717) is 5.75 Å². The zero-order valence-electron chi connectivity index (χ0n) is 18.6. The topological polar surface area (TPSA) is 190 Å². The van der Waals surface area contributed by atoms with Crippen molar-refractivity contribution in [3.8, 4) is 23.1 Å². The number of hydrogen-bond donors (Lipinski definition) is 4. The standard InChI is InChI=1S/C21H22N4O9S/c1-12-6-7-16(22-9-12)35(30,31)25-18-17(34-15-5-3-4-14(8-15)32-2)20(33-11-13(27)10-26)24-19(23-18)21(28)29/h3-9,13,26-27H,10-11H2,1-2H3,(H,28,29)(H,23,24,25). The number of carbonyl (C=O) groups is 1. The molecule has 0 aliphatic rings. The van der Waals surface area contributed by atoms with Gasteiger partial charge < -0.3 is 29.5 Å². The lowest BCUT2D eigenvalue weighted by molar-refractivity contribution is 0.0508. The summed E-state index contributed by atoms with van der Waals surface area (Å²) in [6, 6.07) is 9.00. The van der Waals surface area contributed by atoms with E-state index in [1.54, 1.807) is 19.1 Å². The molecule has 0 saturated heterocycles. The normalized spacial score (nSPS) is 12.0. The van der Waals surface area contributed by atoms with Gasteiger partial charge in [0, 0.05) is 12.3 Å². The quantitative estimate of drug-likeness (QED) is 0.291. The Balaban J connectivity index is 2.13. The van der Waals surface area contributed by atoms with Gasteiger partial charge in [0.2, 0.25) is 11.6 Å². The molecule has 3 aromatic rings. The molecule has 14 heteroatoms. The molecule has 1 aromatic carbocycles. The van der Waals surface area contributed by atoms with Crippen LogP contribution in [0, 0.1) is 6.92 Å². The third-order valence-electron chi connectivity index (χ3n) is 4.30. The van der Waals surface area contributed by atoms with Crippen LogP contribution in [-0.2, 0) is 10.0 Å². The van der Waals surface area contributed by atoms with Crippen LogP contribution < -0.4 is 18.9 Å². The molecule has 186 valence electrons. The smallest absolute Gasteiger partial charge is 0.374 e. The van der Waals surface area contributed by atoms with Crippen molar-refractivity contribution in [2.24, 2.45) is 0 Å². The van der Waals surface area contributed by atoms with Crippen LogP contribution in [0.3, 0.4) is 0 Å². The van der Waals surface area contributed by atoms with E-state index in [4.69, 9.17) is 19.3 Å². The Morgan fingerprint density at radius 2 is 1.91 bits per heavy atom. The van der Waals surface area contributed by atoms with Crippen molar-refractivity contribution in [1.82, 2.24) is 15.0 Å². The Bertz CT molecular complexity index is 1300. The summed E-state index contributed by atoms with van der Waals surface area (Å²) in [6.45, 7) is 0.569. The zero-order valence-corrected chi connectivity index (χ0v) is 19.4. The highest BCUT2D eigenvalue weighted by atomic mass is 32.2. The van der Waals surface area contributed by atoms with Gasteiger partial charge in [-0.1, -0.05) is 12.1 Å². The van der Waals surface area contributed by atoms with Gasteiger partial charge in [0.25, 0.3) is 15.9 Å². The first kappa shape index (κ1) is 25.6. The van der Waals surface area contributed by atoms with Crippen molar-refractivity contribution < 1.29 is 42.7 Å². The molecule has 1 unspecified atom stereocenters. The molecule has 0 radical (unpaired) electrons. The molecule has 0 aliphatic heterocycles. The minimum absolute atomic E-state index is 0.150. The zero-order chi connectivity index (χ0) is 25.6. The average molecular weight is 506 g/mol. The number of anilines is 1. The number of benzene rings is 1. The first-order chi connectivity index (χ1) is 16.6. The second-order valence-electron chi connectivity index (χ2n) is 7.04. The largest absolute Gasteiger partial charge is 0.497 e. The van der Waals surface area contributed by atoms with E-state index < -0.39 is 58.6 Å². The molecule has 0 saturated carbocycles. The summed E-state index contributed by atoms with van der Waals surface area (Å²) in [6.07, 6.45) is 0.00944. The van der Waals surface area contributed by atoms with Gasteiger partial charge in [-0.2, -0.15) is 18.4 Å². The van der Waals surface area contributed by atoms with Gasteiger partial charge in [-0.05, 0) is 30.7 Å². The maximum Gasteiger partial charge on any atom is 0.374 e. The lowest BCUT2D eigenvalue weighted by atomic mass is 10.3. The Morgan fingerprint density at radius 3 is 2.54 bits per heavy atom. The maximum absolute atomic E-state index is 13.0. The highest BCUT2D eigenvalue weighted by Crippen LogP contribution is 2.38. The number of carboxylic acid groups (broad SMARTS) is 1. The minimum Gasteiger partial charge on any atom is -0.497 e. The first-order valence-corrected chi connectivity index (χ1v) is 11.5. The van der Waals surface area contributed by atoms with E-state index in [1.165, 1.54) is 37.6 Å². The number of rotatable bonds is 11. The van der Waals surface area contributed by atoms with Crippen LogP contribution in [0.1, 0.15) is 16.2 Å². The molecule has 0 aliphatic carbocycles. The van der Waals surface area contributed by atoms with Crippen LogP contribution in [0.4, 0.5) is 5.82 Å². The van der Waals surface area contributed by atoms with Gasteiger partial charge in [-0.25, -0.2) is 9.78 Å². The summed E-state index contributed by atoms with van der Waals surface area (Å²) in [5, 5.41) is 27.8. The summed E-state index contributed by atoms with van der Waals surface area (Å²) >= 11 is 0. The number of ether oxygens (including phenoxy) is 3. The van der Waals surface area contributed by atoms with Gasteiger partial charge in [0.05, 0.1) is 13.7 Å². The SMILES string of the molecule is COc1cccc(Oc2c(NS(=O)(=O)c3ccc(C)cn3)nc(C(=O)O)nc2OCC(O)CO)c1. The molecule has 13 nitrogen and oxygen atoms in total. The number of aliphatic hydroxyl groups excluding tert-OH is 2. The summed E-state index contributed by atoms with van der Waals surface area (Å²) in [7, 11) is -2.91. The summed E-state index contributed by atoms with van der Waals surface area (Å²) in [4.78, 5) is 23.0. The number of nitrogens with one attached hydrogen (secondary N) is 1. The number of aliphatic hydroxyl groups is 2. The number of aromatic carboxylic acids is 1. The fraction of sp³-hybridized carbons (Fsp3) is 0.238. The van der Waals surface area contributed by atoms with Gasteiger partial charge in [0.15, 0.2) is 10.8 Å². The molecule has 0 bridgehead atoms. The molecule has 2 heterocycles. The van der Waals surface area contributed by atoms with Crippen LogP contribution in [0.15, 0.2) is 47.6 Å². The Kier molecular flexibility index (Phi) is 8.01. The van der Waals surface area contributed by atoms with E-state index in [9.17, 15) is 23.4 Å². The minimum atomic E-state index is -4.35. The summed E-state index contributed by atoms with van der Waals surface area (Å²) in [5.74, 6) is -3.29. The number of aryl methyl sites for hydroxylation is 1. The lowest BCUT2D eigenvalue weighted by Crippen LogP contribution is -2.23. The van der Waals surface area contributed by atoms with Crippen LogP contribution >= 0.6 is 0 Å². The Labute approximate surface area is 200 Å². The number of nitrogens with zero attached hydrogens (tertiary/aromatic N) is 3. The van der Waals surface area contributed by atoms with Gasteiger partial charge in [0.1, 0.15) is 24.2 Å². The van der Waals surface area contributed by atoms with Gasteiger partial charge in [-0.3, -0.25) is 4.72 Å². The highest BCUT2D eigenvalue weighted by Gasteiger charge is 2.27. The lowest BCUT2D eigenvalue weighted by Gasteiger charge is -2.17. The van der Waals surface area contributed by atoms with Crippen molar-refractivity contribution in [3.63, 3.8) is 0 Å². The second kappa shape index (κ2) is 10.9. The van der Waals surface area contributed by atoms with E-state index in [-0.39, 0.29) is 10.8 Å². The van der Waals surface area contributed by atoms with Crippen molar-refractivity contribution in [1.29, 1.82) is 0 Å². The number of sulfonamides is 1. The number of pyridine rings is 1. The predicted octanol–water partition coefficient (Wildman–Crippen LogP) is 1.21. The predicted molar refractivity (Wildman–Crippen MR) is 120 cm³/mol. The average Bonchev–Trinajstić information content (AvgIpc) is 2.83. The molecule has 1 atom stereocenters. The Hall–Kier alpha value is -4.01. The number of aromatic nitrogens is 3. The number of hydrogen-bond acceptors (Lipinski definition) is 11. The van der Waals surface area contributed by atoms with E-state index >= 15 is 0 Å². The number of methoxy groups -OCH3 is 1. The van der Waals surface area contributed by atoms with Crippen LogP contribution in [0.25, 0.3) is 0 Å². The van der Waals surface area contributed by atoms with E-state index in [2.05, 4.69) is 19.7 Å². The van der Waals surface area contributed by atoms with E-state index in [1.807, 2.05) is 0 Å². The molecule has 0 spiro atoms. The second-order valence-corrected chi connectivity index (χ2v) is 8.67. The molecule has 0 amide bonds. The monoisotopic (exact) mass is 506 g/mol. The third-order valence-corrected chi connectivity index (χ3v) is 5.55. The molecule has 0 fully saturated rings. The molecular weight excluding hydrogens is 484 g/mol.